The number of alkyl halides is 2. The van der Waals surface area contributed by atoms with Crippen LogP contribution in [0.5, 0.6) is 5.75 Å². The largest absolute Gasteiger partial charge is 0.497 e. The maximum Gasteiger partial charge on any atom is 0.248 e. The Morgan fingerprint density at radius 2 is 1.78 bits per heavy atom. The van der Waals surface area contributed by atoms with Crippen LogP contribution in [0.25, 0.3) is 0 Å². The first-order valence-corrected chi connectivity index (χ1v) is 13.9. The van der Waals surface area contributed by atoms with E-state index < -0.39 is 46.3 Å². The maximum atomic E-state index is 13.7. The number of rotatable bonds is 12. The van der Waals surface area contributed by atoms with Crippen LogP contribution in [0.2, 0.25) is 0 Å². The normalized spacial score (nSPS) is 19.1. The number of aliphatic hydroxyl groups is 1. The van der Waals surface area contributed by atoms with Crippen molar-refractivity contribution in [1.82, 2.24) is 9.62 Å². The highest BCUT2D eigenvalue weighted by atomic mass is 32.2. The van der Waals surface area contributed by atoms with Gasteiger partial charge in [0.1, 0.15) is 5.75 Å². The third-order valence-corrected chi connectivity index (χ3v) is 8.37. The number of hydrogen-bond acceptors (Lipinski definition) is 5. The van der Waals surface area contributed by atoms with E-state index in [9.17, 15) is 27.1 Å². The molecule has 37 heavy (non-hydrogen) atoms. The van der Waals surface area contributed by atoms with E-state index in [1.807, 2.05) is 44.2 Å². The smallest absolute Gasteiger partial charge is 0.248 e. The van der Waals surface area contributed by atoms with Gasteiger partial charge in [-0.05, 0) is 48.6 Å². The fourth-order valence-corrected chi connectivity index (χ4v) is 6.16. The van der Waals surface area contributed by atoms with Crippen LogP contribution in [-0.4, -0.2) is 62.0 Å². The van der Waals surface area contributed by atoms with Crippen LogP contribution in [-0.2, 0) is 21.2 Å². The topological polar surface area (TPSA) is 95.9 Å². The van der Waals surface area contributed by atoms with Gasteiger partial charge in [-0.2, -0.15) is 4.31 Å². The number of amides is 1. The number of ether oxygens (including phenoxy) is 1. The molecule has 1 aliphatic rings. The summed E-state index contributed by atoms with van der Waals surface area (Å²) in [6.07, 6.45) is -1.87. The van der Waals surface area contributed by atoms with Crippen molar-refractivity contribution >= 4 is 15.9 Å². The number of halogens is 2. The van der Waals surface area contributed by atoms with Crippen LogP contribution in [0, 0.1) is 11.8 Å². The molecule has 1 fully saturated rings. The number of carbonyl (C=O) groups excluding carboxylic acids is 1. The molecule has 3 atom stereocenters. The number of benzene rings is 2. The number of carbonyl (C=O) groups is 1. The highest BCUT2D eigenvalue weighted by Gasteiger charge is 2.43. The van der Waals surface area contributed by atoms with E-state index in [1.165, 1.54) is 23.5 Å². The molecule has 0 spiro atoms. The van der Waals surface area contributed by atoms with Crippen molar-refractivity contribution in [2.24, 2.45) is 11.8 Å². The summed E-state index contributed by atoms with van der Waals surface area (Å²) in [6.45, 7) is 3.61. The van der Waals surface area contributed by atoms with Gasteiger partial charge in [0.15, 0.2) is 0 Å². The zero-order valence-electron chi connectivity index (χ0n) is 21.4. The van der Waals surface area contributed by atoms with E-state index in [2.05, 4.69) is 5.32 Å². The first kappa shape index (κ1) is 29.0. The summed E-state index contributed by atoms with van der Waals surface area (Å²) in [5.74, 6) is -3.81. The van der Waals surface area contributed by atoms with Gasteiger partial charge in [-0.15, -0.1) is 0 Å². The van der Waals surface area contributed by atoms with Gasteiger partial charge >= 0.3 is 0 Å². The summed E-state index contributed by atoms with van der Waals surface area (Å²) in [5.41, 5.74) is 0.817. The van der Waals surface area contributed by atoms with E-state index in [-0.39, 0.29) is 43.2 Å². The second kappa shape index (κ2) is 12.3. The van der Waals surface area contributed by atoms with Crippen molar-refractivity contribution < 1.29 is 31.8 Å². The van der Waals surface area contributed by atoms with Gasteiger partial charge in [-0.1, -0.05) is 44.2 Å². The predicted octanol–water partition coefficient (Wildman–Crippen LogP) is 3.87. The van der Waals surface area contributed by atoms with Gasteiger partial charge in [0, 0.05) is 31.8 Å². The van der Waals surface area contributed by atoms with Crippen LogP contribution in [0.15, 0.2) is 59.5 Å². The van der Waals surface area contributed by atoms with E-state index in [0.29, 0.717) is 5.75 Å². The van der Waals surface area contributed by atoms with E-state index in [0.717, 1.165) is 5.56 Å². The molecule has 0 bridgehead atoms. The molecule has 1 saturated carbocycles. The van der Waals surface area contributed by atoms with Crippen molar-refractivity contribution in [3.8, 4) is 5.75 Å². The highest BCUT2D eigenvalue weighted by molar-refractivity contribution is 7.89. The molecule has 2 aromatic rings. The lowest BCUT2D eigenvalue weighted by molar-refractivity contribution is -0.127. The summed E-state index contributed by atoms with van der Waals surface area (Å²) >= 11 is 0. The molecule has 2 N–H and O–H groups in total. The second-order valence-corrected chi connectivity index (χ2v) is 12.0. The minimum absolute atomic E-state index is 0.0388. The lowest BCUT2D eigenvalue weighted by atomic mass is 9.99. The Balaban J connectivity index is 1.83. The number of sulfonamides is 1. The van der Waals surface area contributed by atoms with E-state index in [1.54, 1.807) is 12.1 Å². The maximum absolute atomic E-state index is 13.7. The SMILES string of the molecule is COc1ccc(S(=O)(=O)N(CC(C)C)CC(O)C(Cc2ccccc2)NC(=O)C2CCC(F)(F)C2)cc1. The Morgan fingerprint density at radius 3 is 2.32 bits per heavy atom. The van der Waals surface area contributed by atoms with Crippen molar-refractivity contribution in [3.63, 3.8) is 0 Å². The van der Waals surface area contributed by atoms with Crippen LogP contribution in [0.1, 0.15) is 38.7 Å². The fraction of sp³-hybridized carbons (Fsp3) is 0.519. The Bertz CT molecular complexity index is 1130. The fourth-order valence-electron chi connectivity index (χ4n) is 4.54. The molecule has 204 valence electrons. The summed E-state index contributed by atoms with van der Waals surface area (Å²) < 4.78 is 60.7. The molecule has 1 amide bonds. The molecule has 7 nitrogen and oxygen atoms in total. The lowest BCUT2D eigenvalue weighted by Crippen LogP contribution is -2.52. The Hall–Kier alpha value is -2.56. The highest BCUT2D eigenvalue weighted by Crippen LogP contribution is 2.39. The number of methoxy groups -OCH3 is 1. The molecule has 0 aromatic heterocycles. The third-order valence-electron chi connectivity index (χ3n) is 6.52. The molecule has 0 aliphatic heterocycles. The molecule has 0 heterocycles. The van der Waals surface area contributed by atoms with Gasteiger partial charge in [0.25, 0.3) is 0 Å². The summed E-state index contributed by atoms with van der Waals surface area (Å²) in [6, 6.07) is 14.2. The van der Waals surface area contributed by atoms with Crippen molar-refractivity contribution in [1.29, 1.82) is 0 Å². The third kappa shape index (κ3) is 7.96. The van der Waals surface area contributed by atoms with Crippen LogP contribution < -0.4 is 10.1 Å². The average Bonchev–Trinajstić information content (AvgIpc) is 3.23. The van der Waals surface area contributed by atoms with Gasteiger partial charge in [0.05, 0.1) is 24.2 Å². The average molecular weight is 539 g/mol. The van der Waals surface area contributed by atoms with Gasteiger partial charge in [-0.3, -0.25) is 4.79 Å². The predicted molar refractivity (Wildman–Crippen MR) is 137 cm³/mol. The molecule has 0 radical (unpaired) electrons. The van der Waals surface area contributed by atoms with Crippen molar-refractivity contribution in [2.75, 3.05) is 20.2 Å². The van der Waals surface area contributed by atoms with E-state index >= 15 is 0 Å². The molecule has 10 heteroatoms. The molecule has 1 aliphatic carbocycles. The summed E-state index contributed by atoms with van der Waals surface area (Å²) in [4.78, 5) is 12.9. The van der Waals surface area contributed by atoms with Crippen LogP contribution in [0.3, 0.4) is 0 Å². The Labute approximate surface area is 217 Å². The standard InChI is InChI=1S/C27H36F2N2O5S/c1-19(2)17-31(37(34,35)23-11-9-22(36-3)10-12-23)18-25(32)24(15-20-7-5-4-6-8-20)30-26(33)21-13-14-27(28,29)16-21/h4-12,19,21,24-25,32H,13-18H2,1-3H3,(H,30,33). The summed E-state index contributed by atoms with van der Waals surface area (Å²) in [7, 11) is -2.49. The Kier molecular flexibility index (Phi) is 9.66. The minimum atomic E-state index is -3.98. The molecule has 0 saturated heterocycles. The van der Waals surface area contributed by atoms with Crippen LogP contribution >= 0.6 is 0 Å². The van der Waals surface area contributed by atoms with Crippen molar-refractivity contribution in [2.45, 2.75) is 62.5 Å². The molecule has 2 aromatic carbocycles. The monoisotopic (exact) mass is 538 g/mol. The lowest BCUT2D eigenvalue weighted by Gasteiger charge is -2.31. The first-order valence-electron chi connectivity index (χ1n) is 12.5. The Morgan fingerprint density at radius 1 is 1.14 bits per heavy atom. The van der Waals surface area contributed by atoms with Gasteiger partial charge < -0.3 is 15.2 Å². The zero-order valence-corrected chi connectivity index (χ0v) is 22.3. The van der Waals surface area contributed by atoms with Gasteiger partial charge in [0.2, 0.25) is 21.9 Å². The van der Waals surface area contributed by atoms with Crippen molar-refractivity contribution in [3.05, 3.63) is 60.2 Å². The molecular formula is C27H36F2N2O5S. The number of nitrogens with one attached hydrogen (secondary N) is 1. The molecular weight excluding hydrogens is 502 g/mol. The second-order valence-electron chi connectivity index (χ2n) is 10.1. The number of hydrogen-bond donors (Lipinski definition) is 2. The number of nitrogens with zero attached hydrogens (tertiary/aromatic N) is 1. The van der Waals surface area contributed by atoms with Crippen LogP contribution in [0.4, 0.5) is 8.78 Å². The van der Waals surface area contributed by atoms with E-state index in [4.69, 9.17) is 4.74 Å². The first-order chi connectivity index (χ1) is 17.4. The molecule has 3 unspecified atom stereocenters. The van der Waals surface area contributed by atoms with Gasteiger partial charge in [-0.25, -0.2) is 17.2 Å². The quantitative estimate of drug-likeness (QED) is 0.428. The molecule has 3 rings (SSSR count). The summed E-state index contributed by atoms with van der Waals surface area (Å²) in [5, 5.41) is 14.0. The zero-order chi connectivity index (χ0) is 27.2. The minimum Gasteiger partial charge on any atom is -0.497 e. The number of aliphatic hydroxyl groups excluding tert-OH is 1.